The van der Waals surface area contributed by atoms with Gasteiger partial charge in [0.15, 0.2) is 0 Å². The lowest BCUT2D eigenvalue weighted by atomic mass is 10.1. The molecule has 0 spiro atoms. The highest BCUT2D eigenvalue weighted by molar-refractivity contribution is 5.73. The predicted octanol–water partition coefficient (Wildman–Crippen LogP) is 3.21. The number of carbonyl (C=O) groups excluding carboxylic acids is 1. The van der Waals surface area contributed by atoms with E-state index >= 15 is 0 Å². The van der Waals surface area contributed by atoms with Gasteiger partial charge in [-0.2, -0.15) is 5.10 Å². The molecule has 0 saturated carbocycles. The summed E-state index contributed by atoms with van der Waals surface area (Å²) in [5, 5.41) is 7.17. The van der Waals surface area contributed by atoms with Crippen molar-refractivity contribution in [3.63, 3.8) is 0 Å². The van der Waals surface area contributed by atoms with Crippen molar-refractivity contribution in [2.24, 2.45) is 5.73 Å². The second kappa shape index (κ2) is 7.90. The average molecular weight is 372 g/mol. The van der Waals surface area contributed by atoms with Crippen LogP contribution in [0.4, 0.5) is 20.4 Å². The van der Waals surface area contributed by atoms with Gasteiger partial charge in [0, 0.05) is 36.6 Å². The standard InChI is InChI=1S/C18H18F2N6O/c1-11-6-12(13-9-23-26(10-13)5-3-16(21)27)8-14(7-11)24-18-22-4-2-15(25-18)17(19)20/h2,4,6-10,17H,3,5H2,1H3,(H2,21,27)(H,22,24,25). The molecule has 2 aromatic heterocycles. The quantitative estimate of drug-likeness (QED) is 0.664. The third kappa shape index (κ3) is 4.84. The first kappa shape index (κ1) is 18.4. The Bertz CT molecular complexity index is 957. The second-order valence-corrected chi connectivity index (χ2v) is 6.03. The van der Waals surface area contributed by atoms with Gasteiger partial charge in [0.25, 0.3) is 6.43 Å². The monoisotopic (exact) mass is 372 g/mol. The summed E-state index contributed by atoms with van der Waals surface area (Å²) in [4.78, 5) is 18.7. The molecule has 0 unspecified atom stereocenters. The average Bonchev–Trinajstić information content (AvgIpc) is 3.09. The Labute approximate surface area is 154 Å². The van der Waals surface area contributed by atoms with Crippen molar-refractivity contribution in [1.29, 1.82) is 0 Å². The van der Waals surface area contributed by atoms with Gasteiger partial charge in [0.1, 0.15) is 5.69 Å². The lowest BCUT2D eigenvalue weighted by molar-refractivity contribution is -0.118. The SMILES string of the molecule is Cc1cc(Nc2nccc(C(F)F)n2)cc(-c2cnn(CCC(N)=O)c2)c1. The fraction of sp³-hybridized carbons (Fsp3) is 0.222. The number of hydrogen-bond donors (Lipinski definition) is 2. The van der Waals surface area contributed by atoms with E-state index < -0.39 is 6.43 Å². The summed E-state index contributed by atoms with van der Waals surface area (Å²) in [5.41, 5.74) is 8.18. The molecule has 0 aliphatic carbocycles. The summed E-state index contributed by atoms with van der Waals surface area (Å²) in [6.45, 7) is 2.32. The van der Waals surface area contributed by atoms with Crippen molar-refractivity contribution in [1.82, 2.24) is 19.7 Å². The van der Waals surface area contributed by atoms with Crippen molar-refractivity contribution in [2.75, 3.05) is 5.32 Å². The van der Waals surface area contributed by atoms with Crippen LogP contribution in [0.5, 0.6) is 0 Å². The minimum Gasteiger partial charge on any atom is -0.370 e. The maximum Gasteiger partial charge on any atom is 0.280 e. The maximum atomic E-state index is 12.8. The van der Waals surface area contributed by atoms with Crippen molar-refractivity contribution >= 4 is 17.5 Å². The van der Waals surface area contributed by atoms with Crippen molar-refractivity contribution in [3.05, 3.63) is 54.1 Å². The normalized spacial score (nSPS) is 11.0. The van der Waals surface area contributed by atoms with Crippen LogP contribution in [-0.2, 0) is 11.3 Å². The second-order valence-electron chi connectivity index (χ2n) is 6.03. The number of benzene rings is 1. The molecule has 0 fully saturated rings. The first-order chi connectivity index (χ1) is 12.9. The van der Waals surface area contributed by atoms with E-state index in [0.717, 1.165) is 16.7 Å². The number of amides is 1. The first-order valence-corrected chi connectivity index (χ1v) is 8.21. The van der Waals surface area contributed by atoms with E-state index in [4.69, 9.17) is 5.73 Å². The Morgan fingerprint density at radius 1 is 1.30 bits per heavy atom. The van der Waals surface area contributed by atoms with Gasteiger partial charge < -0.3 is 11.1 Å². The number of rotatable bonds is 7. The summed E-state index contributed by atoms with van der Waals surface area (Å²) < 4.78 is 27.2. The number of carbonyl (C=O) groups is 1. The van der Waals surface area contributed by atoms with E-state index in [2.05, 4.69) is 20.4 Å². The van der Waals surface area contributed by atoms with Gasteiger partial charge in [0.2, 0.25) is 11.9 Å². The molecule has 140 valence electrons. The van der Waals surface area contributed by atoms with Crippen molar-refractivity contribution < 1.29 is 13.6 Å². The van der Waals surface area contributed by atoms with Crippen LogP contribution in [0.3, 0.4) is 0 Å². The number of alkyl halides is 2. The fourth-order valence-corrected chi connectivity index (χ4v) is 2.57. The molecular weight excluding hydrogens is 354 g/mol. The zero-order chi connectivity index (χ0) is 19.4. The van der Waals surface area contributed by atoms with E-state index in [1.54, 1.807) is 10.9 Å². The Hall–Kier alpha value is -3.36. The Morgan fingerprint density at radius 2 is 2.11 bits per heavy atom. The third-order valence-electron chi connectivity index (χ3n) is 3.79. The van der Waals surface area contributed by atoms with E-state index in [1.807, 2.05) is 31.3 Å². The topological polar surface area (TPSA) is 98.7 Å². The zero-order valence-corrected chi connectivity index (χ0v) is 14.6. The first-order valence-electron chi connectivity index (χ1n) is 8.21. The molecule has 3 aromatic rings. The van der Waals surface area contributed by atoms with Gasteiger partial charge in [-0.15, -0.1) is 0 Å². The number of aryl methyl sites for hydroxylation is 2. The molecule has 0 bridgehead atoms. The number of nitrogens with one attached hydrogen (secondary N) is 1. The molecule has 3 N–H and O–H groups in total. The number of halogens is 2. The van der Waals surface area contributed by atoms with E-state index in [9.17, 15) is 13.6 Å². The van der Waals surface area contributed by atoms with Crippen LogP contribution < -0.4 is 11.1 Å². The highest BCUT2D eigenvalue weighted by Gasteiger charge is 2.11. The molecule has 2 heterocycles. The molecule has 7 nitrogen and oxygen atoms in total. The fourth-order valence-electron chi connectivity index (χ4n) is 2.57. The van der Waals surface area contributed by atoms with Gasteiger partial charge in [-0.05, 0) is 36.2 Å². The molecule has 0 aliphatic heterocycles. The zero-order valence-electron chi connectivity index (χ0n) is 14.6. The van der Waals surface area contributed by atoms with Gasteiger partial charge in [-0.25, -0.2) is 18.7 Å². The highest BCUT2D eigenvalue weighted by Crippen LogP contribution is 2.26. The largest absolute Gasteiger partial charge is 0.370 e. The van der Waals surface area contributed by atoms with Crippen molar-refractivity contribution in [3.8, 4) is 11.1 Å². The summed E-state index contributed by atoms with van der Waals surface area (Å²) in [6, 6.07) is 6.86. The maximum absolute atomic E-state index is 12.8. The van der Waals surface area contributed by atoms with E-state index in [1.165, 1.54) is 12.3 Å². The van der Waals surface area contributed by atoms with E-state index in [0.29, 0.717) is 12.2 Å². The molecular formula is C18H18F2N6O. The highest BCUT2D eigenvalue weighted by atomic mass is 19.3. The number of nitrogens with zero attached hydrogens (tertiary/aromatic N) is 4. The van der Waals surface area contributed by atoms with E-state index in [-0.39, 0.29) is 24.0 Å². The summed E-state index contributed by atoms with van der Waals surface area (Å²) >= 11 is 0. The van der Waals surface area contributed by atoms with Gasteiger partial charge in [-0.1, -0.05) is 6.07 Å². The molecule has 0 atom stereocenters. The number of aromatic nitrogens is 4. The number of anilines is 2. The molecule has 0 aliphatic rings. The molecule has 1 amide bonds. The summed E-state index contributed by atoms with van der Waals surface area (Å²) in [7, 11) is 0. The van der Waals surface area contributed by atoms with Crippen LogP contribution in [0.15, 0.2) is 42.9 Å². The number of primary amides is 1. The Morgan fingerprint density at radius 3 is 2.85 bits per heavy atom. The molecule has 0 saturated heterocycles. The number of hydrogen-bond acceptors (Lipinski definition) is 5. The van der Waals surface area contributed by atoms with Crippen LogP contribution >= 0.6 is 0 Å². The van der Waals surface area contributed by atoms with Crippen LogP contribution in [0.25, 0.3) is 11.1 Å². The van der Waals surface area contributed by atoms with Crippen LogP contribution in [-0.4, -0.2) is 25.7 Å². The minimum atomic E-state index is -2.66. The lowest BCUT2D eigenvalue weighted by Gasteiger charge is -2.09. The minimum absolute atomic E-state index is 0.0986. The van der Waals surface area contributed by atoms with Gasteiger partial charge in [-0.3, -0.25) is 9.48 Å². The lowest BCUT2D eigenvalue weighted by Crippen LogP contribution is -2.13. The molecule has 27 heavy (non-hydrogen) atoms. The van der Waals surface area contributed by atoms with Gasteiger partial charge in [0.05, 0.1) is 6.20 Å². The summed E-state index contributed by atoms with van der Waals surface area (Å²) in [5.74, 6) is -0.290. The molecule has 9 heteroatoms. The van der Waals surface area contributed by atoms with Crippen LogP contribution in [0.2, 0.25) is 0 Å². The molecule has 3 rings (SSSR count). The van der Waals surface area contributed by atoms with Crippen LogP contribution in [0.1, 0.15) is 24.1 Å². The Kier molecular flexibility index (Phi) is 5.39. The van der Waals surface area contributed by atoms with Gasteiger partial charge >= 0.3 is 0 Å². The third-order valence-corrected chi connectivity index (χ3v) is 3.79. The molecule has 1 aromatic carbocycles. The predicted molar refractivity (Wildman–Crippen MR) is 96.5 cm³/mol. The number of nitrogens with two attached hydrogens (primary N) is 1. The Balaban J connectivity index is 1.82. The van der Waals surface area contributed by atoms with Crippen LogP contribution in [0, 0.1) is 6.92 Å². The molecule has 0 radical (unpaired) electrons. The van der Waals surface area contributed by atoms with Crippen molar-refractivity contribution in [2.45, 2.75) is 26.3 Å². The summed E-state index contributed by atoms with van der Waals surface area (Å²) in [6.07, 6.45) is 2.34. The smallest absolute Gasteiger partial charge is 0.280 e.